The van der Waals surface area contributed by atoms with Crippen LogP contribution < -0.4 is 10.6 Å². The maximum atomic E-state index is 5.62. The van der Waals surface area contributed by atoms with Crippen molar-refractivity contribution in [2.24, 2.45) is 4.99 Å². The van der Waals surface area contributed by atoms with Crippen LogP contribution in [0.3, 0.4) is 0 Å². The second-order valence-corrected chi connectivity index (χ2v) is 8.70. The molecular formula is C20H28N4OS. The van der Waals surface area contributed by atoms with Gasteiger partial charge in [-0.3, -0.25) is 4.99 Å². The van der Waals surface area contributed by atoms with Gasteiger partial charge in [0.2, 0.25) is 5.89 Å². The van der Waals surface area contributed by atoms with Crippen LogP contribution in [-0.2, 0) is 6.42 Å². The standard InChI is InChI=1S/C20H28N4OS/c1-15-5-7-16(8-6-15)18-24-17(13-25-18)9-11-22-19(21-3)23-14-20(2)10-4-12-26-20/h5-8,13H,4,9-12,14H2,1-3H3,(H2,21,22,23). The first-order valence-corrected chi connectivity index (χ1v) is 10.2. The zero-order chi connectivity index (χ0) is 18.4. The molecule has 1 aliphatic heterocycles. The van der Waals surface area contributed by atoms with Crippen LogP contribution in [0.25, 0.3) is 11.5 Å². The molecule has 6 heteroatoms. The fourth-order valence-electron chi connectivity index (χ4n) is 3.03. The molecule has 0 aliphatic carbocycles. The molecule has 1 fully saturated rings. The Hall–Kier alpha value is -1.95. The summed E-state index contributed by atoms with van der Waals surface area (Å²) in [5.41, 5.74) is 3.19. The number of hydrogen-bond donors (Lipinski definition) is 2. The number of oxazole rings is 1. The highest BCUT2D eigenvalue weighted by Crippen LogP contribution is 2.36. The van der Waals surface area contributed by atoms with E-state index in [1.165, 1.54) is 24.2 Å². The van der Waals surface area contributed by atoms with E-state index in [-0.39, 0.29) is 0 Å². The number of aliphatic imine (C=N–C) groups is 1. The predicted octanol–water partition coefficient (Wildman–Crippen LogP) is 3.64. The van der Waals surface area contributed by atoms with Crippen molar-refractivity contribution in [2.45, 2.75) is 37.9 Å². The third kappa shape index (κ3) is 5.04. The van der Waals surface area contributed by atoms with Gasteiger partial charge in [-0.05, 0) is 44.6 Å². The lowest BCUT2D eigenvalue weighted by molar-refractivity contribution is 0.572. The molecule has 26 heavy (non-hydrogen) atoms. The highest BCUT2D eigenvalue weighted by atomic mass is 32.2. The molecule has 0 bridgehead atoms. The average Bonchev–Trinajstić information content (AvgIpc) is 3.28. The molecule has 1 aromatic carbocycles. The van der Waals surface area contributed by atoms with Crippen LogP contribution >= 0.6 is 11.8 Å². The number of nitrogens with one attached hydrogen (secondary N) is 2. The van der Waals surface area contributed by atoms with Crippen molar-refractivity contribution in [3.63, 3.8) is 0 Å². The van der Waals surface area contributed by atoms with Crippen LogP contribution in [0.15, 0.2) is 39.9 Å². The van der Waals surface area contributed by atoms with E-state index in [2.05, 4.69) is 58.4 Å². The summed E-state index contributed by atoms with van der Waals surface area (Å²) in [7, 11) is 1.81. The lowest BCUT2D eigenvalue weighted by Crippen LogP contribution is -2.44. The van der Waals surface area contributed by atoms with E-state index >= 15 is 0 Å². The molecule has 1 saturated heterocycles. The van der Waals surface area contributed by atoms with E-state index in [9.17, 15) is 0 Å². The van der Waals surface area contributed by atoms with Crippen molar-refractivity contribution in [1.29, 1.82) is 0 Å². The maximum Gasteiger partial charge on any atom is 0.226 e. The van der Waals surface area contributed by atoms with E-state index in [0.717, 1.165) is 36.7 Å². The molecule has 0 saturated carbocycles. The van der Waals surface area contributed by atoms with Crippen LogP contribution in [-0.4, -0.2) is 41.6 Å². The van der Waals surface area contributed by atoms with Crippen molar-refractivity contribution in [3.05, 3.63) is 41.8 Å². The zero-order valence-electron chi connectivity index (χ0n) is 15.8. The summed E-state index contributed by atoms with van der Waals surface area (Å²) in [6.45, 7) is 6.11. The summed E-state index contributed by atoms with van der Waals surface area (Å²) < 4.78 is 5.94. The van der Waals surface area contributed by atoms with Crippen molar-refractivity contribution in [3.8, 4) is 11.5 Å². The van der Waals surface area contributed by atoms with Gasteiger partial charge in [0.25, 0.3) is 0 Å². The molecular weight excluding hydrogens is 344 g/mol. The van der Waals surface area contributed by atoms with E-state index < -0.39 is 0 Å². The van der Waals surface area contributed by atoms with Gasteiger partial charge in [0.05, 0.1) is 5.69 Å². The number of nitrogens with zero attached hydrogens (tertiary/aromatic N) is 2. The molecule has 0 amide bonds. The summed E-state index contributed by atoms with van der Waals surface area (Å²) >= 11 is 2.05. The average molecular weight is 373 g/mol. The van der Waals surface area contributed by atoms with Crippen LogP contribution in [0.4, 0.5) is 0 Å². The van der Waals surface area contributed by atoms with Crippen molar-refractivity contribution in [2.75, 3.05) is 25.9 Å². The van der Waals surface area contributed by atoms with Crippen LogP contribution in [0.5, 0.6) is 0 Å². The van der Waals surface area contributed by atoms with Gasteiger partial charge in [-0.2, -0.15) is 11.8 Å². The molecule has 1 aromatic heterocycles. The Bertz CT molecular complexity index is 733. The summed E-state index contributed by atoms with van der Waals surface area (Å²) in [4.78, 5) is 8.90. The molecule has 0 spiro atoms. The van der Waals surface area contributed by atoms with Gasteiger partial charge >= 0.3 is 0 Å². The fourth-order valence-corrected chi connectivity index (χ4v) is 4.27. The van der Waals surface area contributed by atoms with Crippen molar-refractivity contribution in [1.82, 2.24) is 15.6 Å². The summed E-state index contributed by atoms with van der Waals surface area (Å²) in [6.07, 6.45) is 5.11. The lowest BCUT2D eigenvalue weighted by atomic mass is 10.1. The van der Waals surface area contributed by atoms with Gasteiger partial charge < -0.3 is 15.1 Å². The summed E-state index contributed by atoms with van der Waals surface area (Å²) in [5, 5.41) is 6.81. The molecule has 3 rings (SSSR count). The third-order valence-corrected chi connectivity index (χ3v) is 6.22. The lowest BCUT2D eigenvalue weighted by Gasteiger charge is -2.24. The minimum Gasteiger partial charge on any atom is -0.444 e. The maximum absolute atomic E-state index is 5.62. The van der Waals surface area contributed by atoms with Crippen molar-refractivity contribution < 1.29 is 4.42 Å². The number of rotatable bonds is 6. The largest absolute Gasteiger partial charge is 0.444 e. The molecule has 2 aromatic rings. The molecule has 1 unspecified atom stereocenters. The molecule has 2 heterocycles. The molecule has 1 atom stereocenters. The second kappa shape index (κ2) is 8.62. The monoisotopic (exact) mass is 372 g/mol. The Morgan fingerprint density at radius 3 is 2.81 bits per heavy atom. The number of guanidine groups is 1. The Morgan fingerprint density at radius 1 is 1.31 bits per heavy atom. The highest BCUT2D eigenvalue weighted by Gasteiger charge is 2.29. The number of aromatic nitrogens is 1. The van der Waals surface area contributed by atoms with Gasteiger partial charge in [-0.15, -0.1) is 0 Å². The number of aryl methyl sites for hydroxylation is 1. The van der Waals surface area contributed by atoms with E-state index in [0.29, 0.717) is 10.6 Å². The summed E-state index contributed by atoms with van der Waals surface area (Å²) in [5.74, 6) is 2.79. The molecule has 5 nitrogen and oxygen atoms in total. The number of hydrogen-bond acceptors (Lipinski definition) is 4. The van der Waals surface area contributed by atoms with Crippen LogP contribution in [0.1, 0.15) is 31.0 Å². The minimum atomic E-state index is 0.326. The smallest absolute Gasteiger partial charge is 0.226 e. The van der Waals surface area contributed by atoms with Crippen LogP contribution in [0.2, 0.25) is 0 Å². The third-order valence-electron chi connectivity index (χ3n) is 4.68. The Kier molecular flexibility index (Phi) is 6.25. The summed E-state index contributed by atoms with van der Waals surface area (Å²) in [6, 6.07) is 8.21. The van der Waals surface area contributed by atoms with Gasteiger partial charge in [0.1, 0.15) is 6.26 Å². The first-order chi connectivity index (χ1) is 12.6. The van der Waals surface area contributed by atoms with E-state index in [4.69, 9.17) is 4.42 Å². The van der Waals surface area contributed by atoms with Gasteiger partial charge in [0, 0.05) is 36.9 Å². The van der Waals surface area contributed by atoms with Gasteiger partial charge in [-0.25, -0.2) is 4.98 Å². The molecule has 1 aliphatic rings. The highest BCUT2D eigenvalue weighted by molar-refractivity contribution is 8.00. The second-order valence-electron chi connectivity index (χ2n) is 7.01. The van der Waals surface area contributed by atoms with Crippen molar-refractivity contribution >= 4 is 17.7 Å². The van der Waals surface area contributed by atoms with Crippen LogP contribution in [0, 0.1) is 6.92 Å². The number of thioether (sulfide) groups is 1. The van der Waals surface area contributed by atoms with Gasteiger partial charge in [-0.1, -0.05) is 17.7 Å². The number of benzene rings is 1. The molecule has 0 radical (unpaired) electrons. The van der Waals surface area contributed by atoms with E-state index in [1.807, 2.05) is 19.2 Å². The first-order valence-electron chi connectivity index (χ1n) is 9.18. The van der Waals surface area contributed by atoms with Gasteiger partial charge in [0.15, 0.2) is 5.96 Å². The normalized spacial score (nSPS) is 20.3. The Labute approximate surface area is 160 Å². The molecule has 2 N–H and O–H groups in total. The Morgan fingerprint density at radius 2 is 2.12 bits per heavy atom. The quantitative estimate of drug-likeness (QED) is 0.599. The first kappa shape index (κ1) is 18.8. The SMILES string of the molecule is CN=C(NCCc1coc(-c2ccc(C)cc2)n1)NCC1(C)CCCS1. The Balaban J connectivity index is 1.46. The predicted molar refractivity (Wildman–Crippen MR) is 110 cm³/mol. The minimum absolute atomic E-state index is 0.326. The zero-order valence-corrected chi connectivity index (χ0v) is 16.7. The topological polar surface area (TPSA) is 62.5 Å². The fraction of sp³-hybridized carbons (Fsp3) is 0.500. The molecule has 140 valence electrons. The van der Waals surface area contributed by atoms with E-state index in [1.54, 1.807) is 6.26 Å².